The van der Waals surface area contributed by atoms with E-state index in [9.17, 15) is 9.59 Å². The second-order valence-corrected chi connectivity index (χ2v) is 18.6. The van der Waals surface area contributed by atoms with E-state index in [1.54, 1.807) is 0 Å². The number of hydrogen-bond acceptors (Lipinski definition) is 2. The summed E-state index contributed by atoms with van der Waals surface area (Å²) in [6.45, 7) is 28.1. The quantitative estimate of drug-likeness (QED) is 0.362. The summed E-state index contributed by atoms with van der Waals surface area (Å²) in [5.74, 6) is 3.01. The minimum atomic E-state index is 0.100. The molecule has 0 saturated heterocycles. The summed E-state index contributed by atoms with van der Waals surface area (Å²) in [6.07, 6.45) is 10.4. The molecule has 2 N–H and O–H groups in total. The lowest BCUT2D eigenvalue weighted by atomic mass is 9.60. The summed E-state index contributed by atoms with van der Waals surface area (Å²) in [4.78, 5) is 27.3. The van der Waals surface area contributed by atoms with Gasteiger partial charge in [0.05, 0.1) is 0 Å². The van der Waals surface area contributed by atoms with Gasteiger partial charge in [0, 0.05) is 23.9 Å². The standard InChI is InChI=1S/C36H66N2O2/c1-33(2,3)25-16-23(17-26(20-25)34(4,5)6)31(39)37-29-14-13-15-30(22-29)38-32(40)24-18-27(35(7,8)9)21-28(19-24)36(10,11)12/h23-30H,13-22H2,1-12H3,(H,37,39)(H,38,40). The van der Waals surface area contributed by atoms with Crippen LogP contribution in [-0.4, -0.2) is 23.9 Å². The van der Waals surface area contributed by atoms with Crippen LogP contribution in [0.25, 0.3) is 0 Å². The van der Waals surface area contributed by atoms with Gasteiger partial charge in [-0.05, 0) is 110 Å². The Hall–Kier alpha value is -1.06. The molecule has 0 aliphatic heterocycles. The van der Waals surface area contributed by atoms with Gasteiger partial charge in [-0.2, -0.15) is 0 Å². The minimum absolute atomic E-state index is 0.100. The van der Waals surface area contributed by atoms with Gasteiger partial charge in [-0.3, -0.25) is 9.59 Å². The molecule has 0 spiro atoms. The number of carbonyl (C=O) groups is 2. The fourth-order valence-corrected chi connectivity index (χ4v) is 7.98. The van der Waals surface area contributed by atoms with Crippen LogP contribution in [0.4, 0.5) is 0 Å². The Morgan fingerprint density at radius 1 is 0.450 bits per heavy atom. The third kappa shape index (κ3) is 8.97. The first kappa shape index (κ1) is 33.4. The lowest BCUT2D eigenvalue weighted by Gasteiger charge is -2.46. The van der Waals surface area contributed by atoms with Crippen LogP contribution in [-0.2, 0) is 9.59 Å². The van der Waals surface area contributed by atoms with Gasteiger partial charge in [-0.15, -0.1) is 0 Å². The highest BCUT2D eigenvalue weighted by Gasteiger charge is 2.44. The zero-order valence-corrected chi connectivity index (χ0v) is 28.5. The molecule has 0 heterocycles. The van der Waals surface area contributed by atoms with E-state index in [0.29, 0.717) is 23.7 Å². The van der Waals surface area contributed by atoms with Gasteiger partial charge in [-0.1, -0.05) is 83.1 Å². The minimum Gasteiger partial charge on any atom is -0.353 e. The molecule has 3 aliphatic rings. The second-order valence-electron chi connectivity index (χ2n) is 18.6. The predicted molar refractivity (Wildman–Crippen MR) is 169 cm³/mol. The third-order valence-corrected chi connectivity index (χ3v) is 11.4. The Morgan fingerprint density at radius 3 is 0.975 bits per heavy atom. The Balaban J connectivity index is 1.61. The van der Waals surface area contributed by atoms with Gasteiger partial charge in [0.2, 0.25) is 11.8 Å². The topological polar surface area (TPSA) is 58.2 Å². The maximum absolute atomic E-state index is 13.6. The number of carbonyl (C=O) groups excluding carboxylic acids is 2. The molecule has 3 fully saturated rings. The summed E-state index contributed by atoms with van der Waals surface area (Å²) in [7, 11) is 0. The molecule has 0 aromatic rings. The average Bonchev–Trinajstić information content (AvgIpc) is 2.81. The molecule has 40 heavy (non-hydrogen) atoms. The van der Waals surface area contributed by atoms with Crippen LogP contribution < -0.4 is 10.6 Å². The average molecular weight is 559 g/mol. The lowest BCUT2D eigenvalue weighted by molar-refractivity contribution is -0.129. The van der Waals surface area contributed by atoms with Crippen LogP contribution in [0.2, 0.25) is 0 Å². The van der Waals surface area contributed by atoms with Gasteiger partial charge in [0.1, 0.15) is 0 Å². The van der Waals surface area contributed by atoms with E-state index in [0.717, 1.165) is 51.4 Å². The monoisotopic (exact) mass is 559 g/mol. The molecule has 0 radical (unpaired) electrons. The van der Waals surface area contributed by atoms with Crippen molar-refractivity contribution in [3.05, 3.63) is 0 Å². The van der Waals surface area contributed by atoms with Crippen LogP contribution in [0.3, 0.4) is 0 Å². The van der Waals surface area contributed by atoms with Crippen molar-refractivity contribution >= 4 is 11.8 Å². The smallest absolute Gasteiger partial charge is 0.223 e. The Bertz CT molecular complexity index is 751. The molecular weight excluding hydrogens is 492 g/mol. The third-order valence-electron chi connectivity index (χ3n) is 11.4. The summed E-state index contributed by atoms with van der Waals surface area (Å²) in [6, 6.07) is 0.344. The Labute approximate surface area is 248 Å². The van der Waals surface area contributed by atoms with E-state index in [2.05, 4.69) is 93.7 Å². The van der Waals surface area contributed by atoms with E-state index < -0.39 is 0 Å². The van der Waals surface area contributed by atoms with E-state index >= 15 is 0 Å². The first-order chi connectivity index (χ1) is 18.1. The Kier molecular flexibility index (Phi) is 10.3. The summed E-state index contributed by atoms with van der Waals surface area (Å²) in [5.41, 5.74) is 0.888. The largest absolute Gasteiger partial charge is 0.353 e. The van der Waals surface area contributed by atoms with Crippen LogP contribution in [0.15, 0.2) is 0 Å². The highest BCUT2D eigenvalue weighted by molar-refractivity contribution is 5.80. The van der Waals surface area contributed by atoms with Crippen molar-refractivity contribution in [1.82, 2.24) is 10.6 Å². The van der Waals surface area contributed by atoms with Crippen molar-refractivity contribution < 1.29 is 9.59 Å². The molecular formula is C36H66N2O2. The molecule has 0 aromatic heterocycles. The highest BCUT2D eigenvalue weighted by Crippen LogP contribution is 2.49. The first-order valence-corrected chi connectivity index (χ1v) is 16.7. The summed E-state index contributed by atoms with van der Waals surface area (Å²) < 4.78 is 0. The molecule has 3 aliphatic carbocycles. The SMILES string of the molecule is CC(C)(C)C1CC(C(=O)NC2CCCC(NC(=O)C3CC(C(C)(C)C)CC(C(C)(C)C)C3)C2)CC(C(C)(C)C)C1. The van der Waals surface area contributed by atoms with Crippen molar-refractivity contribution in [2.45, 2.75) is 159 Å². The number of amides is 2. The molecule has 4 heteroatoms. The molecule has 6 atom stereocenters. The van der Waals surface area contributed by atoms with Crippen LogP contribution in [0.1, 0.15) is 147 Å². The Morgan fingerprint density at radius 2 is 0.725 bits per heavy atom. The van der Waals surface area contributed by atoms with Crippen LogP contribution in [0, 0.1) is 57.2 Å². The van der Waals surface area contributed by atoms with Crippen molar-refractivity contribution in [3.8, 4) is 0 Å². The molecule has 0 bridgehead atoms. The highest BCUT2D eigenvalue weighted by atomic mass is 16.2. The van der Waals surface area contributed by atoms with Gasteiger partial charge in [-0.25, -0.2) is 0 Å². The molecule has 0 aromatic carbocycles. The zero-order chi connectivity index (χ0) is 30.3. The molecule has 4 nitrogen and oxygen atoms in total. The normalized spacial score (nSPS) is 34.7. The van der Waals surface area contributed by atoms with E-state index in [1.165, 1.54) is 12.8 Å². The van der Waals surface area contributed by atoms with Crippen molar-refractivity contribution in [3.63, 3.8) is 0 Å². The van der Waals surface area contributed by atoms with Crippen molar-refractivity contribution in [1.29, 1.82) is 0 Å². The van der Waals surface area contributed by atoms with Crippen LogP contribution in [0.5, 0.6) is 0 Å². The molecule has 3 saturated carbocycles. The fourth-order valence-electron chi connectivity index (χ4n) is 7.98. The van der Waals surface area contributed by atoms with Gasteiger partial charge >= 0.3 is 0 Å². The number of nitrogens with one attached hydrogen (secondary N) is 2. The van der Waals surface area contributed by atoms with E-state index in [1.807, 2.05) is 0 Å². The van der Waals surface area contributed by atoms with Crippen LogP contribution >= 0.6 is 0 Å². The first-order valence-electron chi connectivity index (χ1n) is 16.7. The lowest BCUT2D eigenvalue weighted by Crippen LogP contribution is -2.50. The zero-order valence-electron chi connectivity index (χ0n) is 28.5. The summed E-state index contributed by atoms with van der Waals surface area (Å²) >= 11 is 0. The number of hydrogen-bond donors (Lipinski definition) is 2. The molecule has 3 rings (SSSR count). The van der Waals surface area contributed by atoms with E-state index in [-0.39, 0.29) is 57.4 Å². The van der Waals surface area contributed by atoms with Crippen molar-refractivity contribution in [2.75, 3.05) is 0 Å². The van der Waals surface area contributed by atoms with Gasteiger partial charge in [0.25, 0.3) is 0 Å². The maximum Gasteiger partial charge on any atom is 0.223 e. The molecule has 232 valence electrons. The van der Waals surface area contributed by atoms with Crippen molar-refractivity contribution in [2.24, 2.45) is 57.2 Å². The maximum atomic E-state index is 13.6. The molecule has 2 amide bonds. The van der Waals surface area contributed by atoms with Gasteiger partial charge in [0.15, 0.2) is 0 Å². The second kappa shape index (κ2) is 12.3. The van der Waals surface area contributed by atoms with E-state index in [4.69, 9.17) is 0 Å². The molecule has 6 unspecified atom stereocenters. The van der Waals surface area contributed by atoms with Gasteiger partial charge < -0.3 is 10.6 Å². The number of rotatable bonds is 4. The summed E-state index contributed by atoms with van der Waals surface area (Å²) in [5, 5.41) is 6.96. The predicted octanol–water partition coefficient (Wildman–Crippen LogP) is 8.78. The fraction of sp³-hybridized carbons (Fsp3) is 0.944.